The topological polar surface area (TPSA) is 0 Å². The summed E-state index contributed by atoms with van der Waals surface area (Å²) in [5, 5.41) is 0. The number of aryl methyl sites for hydroxylation is 1. The molecule has 3 aliphatic rings. The van der Waals surface area contributed by atoms with Crippen molar-refractivity contribution < 1.29 is 51.0 Å². The molecule has 3 aromatic carbocycles. The van der Waals surface area contributed by atoms with Crippen LogP contribution in [0.4, 0.5) is 0 Å². The molecule has 0 bridgehead atoms. The van der Waals surface area contributed by atoms with Gasteiger partial charge in [-0.3, -0.25) is 0 Å². The van der Waals surface area contributed by atoms with E-state index >= 15 is 0 Å². The van der Waals surface area contributed by atoms with Crippen molar-refractivity contribution in [3.63, 3.8) is 0 Å². The predicted octanol–water partition coefficient (Wildman–Crippen LogP) is 4.51. The van der Waals surface area contributed by atoms with Crippen LogP contribution in [0.5, 0.6) is 0 Å². The van der Waals surface area contributed by atoms with Crippen LogP contribution in [0, 0.1) is 6.42 Å². The van der Waals surface area contributed by atoms with Crippen LogP contribution in [-0.4, -0.2) is 0 Å². The van der Waals surface area contributed by atoms with Gasteiger partial charge in [-0.1, -0.05) is 102 Å². The standard InChI is InChI=1S/C27H29.C11H17.2ClH.Zr/c1-16-7-9-26(3,4)24-12-18-11-19-13-25-21(17(2)8-10-27(25,5)6)15-23(19)22(18)14-20(16)24;1-5-9-6-7-10(8-9)11(2,3)4;;;/h7-9,12-15H,10-11H2,1-6H3;6-8H,5H2,1-4H3;2*1H;/q2*-1;;;+4/p-2. The quantitative estimate of drug-likeness (QED) is 0.263. The summed E-state index contributed by atoms with van der Waals surface area (Å²) in [7, 11) is 0. The van der Waals surface area contributed by atoms with E-state index < -0.39 is 0 Å². The van der Waals surface area contributed by atoms with Gasteiger partial charge in [-0.2, -0.15) is 28.8 Å². The van der Waals surface area contributed by atoms with Gasteiger partial charge >= 0.3 is 26.2 Å². The van der Waals surface area contributed by atoms with Gasteiger partial charge in [0.2, 0.25) is 0 Å². The molecule has 41 heavy (non-hydrogen) atoms. The Kier molecular flexibility index (Phi) is 11.1. The Morgan fingerprint density at radius 3 is 1.85 bits per heavy atom. The van der Waals surface area contributed by atoms with Gasteiger partial charge in [-0.05, 0) is 70.2 Å². The minimum Gasteiger partial charge on any atom is -1.00 e. The summed E-state index contributed by atoms with van der Waals surface area (Å²) in [6.45, 7) is 22.9. The molecule has 0 unspecified atom stereocenters. The maximum atomic E-state index is 2.51. The molecule has 0 saturated heterocycles. The molecule has 3 aliphatic carbocycles. The van der Waals surface area contributed by atoms with E-state index in [0.29, 0.717) is 5.41 Å². The SMILES string of the molecule is CC1=C[CH-]C(C)(C)c2cc3c(cc21)-c1cc2c(cc1C3)C(C)(C)CC=C2C.CCc1cc(C(C)(C)C)c[cH-]1.[Cl-].[Cl-].[Zr+4]. The summed E-state index contributed by atoms with van der Waals surface area (Å²) in [6.07, 6.45) is 10.4. The van der Waals surface area contributed by atoms with Crippen LogP contribution in [0.25, 0.3) is 22.3 Å². The zero-order valence-corrected chi connectivity index (χ0v) is 30.6. The average molecular weight is 665 g/mol. The zero-order chi connectivity index (χ0) is 27.6. The molecular weight excluding hydrogens is 619 g/mol. The van der Waals surface area contributed by atoms with E-state index in [4.69, 9.17) is 0 Å². The van der Waals surface area contributed by atoms with Crippen LogP contribution >= 0.6 is 0 Å². The van der Waals surface area contributed by atoms with Gasteiger partial charge in [0.25, 0.3) is 0 Å². The van der Waals surface area contributed by atoms with E-state index in [9.17, 15) is 0 Å². The summed E-state index contributed by atoms with van der Waals surface area (Å²) in [5.74, 6) is 0. The molecule has 0 radical (unpaired) electrons. The van der Waals surface area contributed by atoms with Crippen LogP contribution in [0.2, 0.25) is 0 Å². The molecular formula is C38H46Cl2Zr. The van der Waals surface area contributed by atoms with Gasteiger partial charge in [0.05, 0.1) is 0 Å². The van der Waals surface area contributed by atoms with E-state index in [2.05, 4.69) is 130 Å². The Morgan fingerprint density at radius 2 is 1.34 bits per heavy atom. The second kappa shape index (κ2) is 12.7. The number of fused-ring (bicyclic) bond motifs is 5. The summed E-state index contributed by atoms with van der Waals surface area (Å²) in [4.78, 5) is 0. The number of halogens is 2. The second-order valence-electron chi connectivity index (χ2n) is 14.1. The average Bonchev–Trinajstić information content (AvgIpc) is 3.48. The molecule has 0 amide bonds. The molecule has 0 spiro atoms. The molecule has 0 aliphatic heterocycles. The zero-order valence-electron chi connectivity index (χ0n) is 26.7. The first-order valence-corrected chi connectivity index (χ1v) is 14.5. The minimum atomic E-state index is 0. The van der Waals surface area contributed by atoms with Gasteiger partial charge in [0.1, 0.15) is 0 Å². The maximum absolute atomic E-state index is 2.51. The normalized spacial score (nSPS) is 16.7. The van der Waals surface area contributed by atoms with Crippen molar-refractivity contribution in [3.8, 4) is 11.1 Å². The van der Waals surface area contributed by atoms with Crippen molar-refractivity contribution in [2.24, 2.45) is 0 Å². The fourth-order valence-corrected chi connectivity index (χ4v) is 6.35. The van der Waals surface area contributed by atoms with Crippen molar-refractivity contribution in [2.45, 2.75) is 105 Å². The molecule has 0 heterocycles. The summed E-state index contributed by atoms with van der Waals surface area (Å²) < 4.78 is 0. The molecule has 6 rings (SSSR count). The van der Waals surface area contributed by atoms with E-state index in [0.717, 1.165) is 19.3 Å². The number of allylic oxidation sites excluding steroid dienone is 4. The van der Waals surface area contributed by atoms with E-state index in [1.165, 1.54) is 66.8 Å². The molecule has 0 fully saturated rings. The summed E-state index contributed by atoms with van der Waals surface area (Å²) >= 11 is 0. The number of rotatable bonds is 1. The van der Waals surface area contributed by atoms with Gasteiger partial charge < -0.3 is 24.8 Å². The Labute approximate surface area is 281 Å². The first-order chi connectivity index (χ1) is 17.7. The van der Waals surface area contributed by atoms with Crippen LogP contribution in [0.15, 0.2) is 54.6 Å². The molecule has 3 aromatic rings. The molecule has 0 atom stereocenters. The third kappa shape index (κ3) is 6.74. The van der Waals surface area contributed by atoms with E-state index in [1.807, 2.05) is 0 Å². The van der Waals surface area contributed by atoms with Crippen LogP contribution < -0.4 is 24.8 Å². The second-order valence-corrected chi connectivity index (χ2v) is 14.1. The van der Waals surface area contributed by atoms with Crippen molar-refractivity contribution in [1.29, 1.82) is 0 Å². The fourth-order valence-electron chi connectivity index (χ4n) is 6.35. The Bertz CT molecular complexity index is 1390. The van der Waals surface area contributed by atoms with Gasteiger partial charge in [-0.25, -0.2) is 18.6 Å². The molecule has 3 heteroatoms. The monoisotopic (exact) mass is 662 g/mol. The minimum absolute atomic E-state index is 0. The van der Waals surface area contributed by atoms with Crippen molar-refractivity contribution >= 4 is 11.1 Å². The molecule has 0 aromatic heterocycles. The van der Waals surface area contributed by atoms with E-state index in [1.54, 1.807) is 0 Å². The first kappa shape index (κ1) is 35.8. The molecule has 0 saturated carbocycles. The molecule has 0 nitrogen and oxygen atoms in total. The van der Waals surface area contributed by atoms with Crippen LogP contribution in [-0.2, 0) is 55.3 Å². The predicted molar refractivity (Wildman–Crippen MR) is 167 cm³/mol. The molecule has 216 valence electrons. The third-order valence-corrected chi connectivity index (χ3v) is 9.19. The largest absolute Gasteiger partial charge is 4.00 e. The number of benzene rings is 2. The van der Waals surface area contributed by atoms with Crippen molar-refractivity contribution in [3.05, 3.63) is 106 Å². The van der Waals surface area contributed by atoms with E-state index in [-0.39, 0.29) is 61.8 Å². The summed E-state index contributed by atoms with van der Waals surface area (Å²) in [6, 6.07) is 16.7. The fraction of sp³-hybridized carbons (Fsp3) is 0.421. The van der Waals surface area contributed by atoms with Gasteiger partial charge in [-0.15, -0.1) is 12.5 Å². The molecule has 0 N–H and O–H groups in total. The number of hydrogen-bond donors (Lipinski definition) is 0. The first-order valence-electron chi connectivity index (χ1n) is 14.5. The van der Waals surface area contributed by atoms with Crippen molar-refractivity contribution in [1.82, 2.24) is 0 Å². The Morgan fingerprint density at radius 1 is 0.780 bits per heavy atom. The third-order valence-electron chi connectivity index (χ3n) is 9.19. The maximum Gasteiger partial charge on any atom is 4.00 e. The van der Waals surface area contributed by atoms with Gasteiger partial charge in [0, 0.05) is 0 Å². The van der Waals surface area contributed by atoms with Crippen LogP contribution in [0.1, 0.15) is 120 Å². The van der Waals surface area contributed by atoms with Crippen molar-refractivity contribution in [2.75, 3.05) is 0 Å². The smallest absolute Gasteiger partial charge is 1.00 e. The Balaban J connectivity index is 0.000000361. The number of hydrogen-bond acceptors (Lipinski definition) is 0. The Hall–Kier alpha value is -1.40. The van der Waals surface area contributed by atoms with Crippen LogP contribution in [0.3, 0.4) is 0 Å². The van der Waals surface area contributed by atoms with Gasteiger partial charge in [0.15, 0.2) is 0 Å². The summed E-state index contributed by atoms with van der Waals surface area (Å²) in [5.41, 5.74) is 18.2.